The fourth-order valence-electron chi connectivity index (χ4n) is 0.682. The third kappa shape index (κ3) is 2.99. The number of nitrogens with one attached hydrogen (secondary N) is 1. The number of nitrogens with zero attached hydrogens (tertiary/aromatic N) is 3. The number of carbonyl (C=O) groups excluding carboxylic acids is 1. The molecule has 0 saturated carbocycles. The molecule has 0 fully saturated rings. The predicted molar refractivity (Wildman–Crippen MR) is 49.6 cm³/mol. The molecule has 14 heavy (non-hydrogen) atoms. The summed E-state index contributed by atoms with van der Waals surface area (Å²) in [4.78, 5) is 11.1. The lowest BCUT2D eigenvalue weighted by Crippen LogP contribution is -2.15. The van der Waals surface area contributed by atoms with Gasteiger partial charge in [-0.15, -0.1) is 5.92 Å². The number of ether oxygens (including phenoxy) is 1. The average Bonchev–Trinajstić information content (AvgIpc) is 2.52. The highest BCUT2D eigenvalue weighted by molar-refractivity contribution is 7.71. The summed E-state index contributed by atoms with van der Waals surface area (Å²) in [5.41, 5.74) is 0. The topological polar surface area (TPSA) is 72.8 Å². The summed E-state index contributed by atoms with van der Waals surface area (Å²) >= 11 is 4.76. The number of esters is 1. The van der Waals surface area contributed by atoms with Crippen LogP contribution in [0.25, 0.3) is 0 Å². The minimum Gasteiger partial charge on any atom is -0.451 e. The zero-order valence-electron chi connectivity index (χ0n) is 7.48. The molecule has 0 aliphatic rings. The molecule has 7 heteroatoms. The van der Waals surface area contributed by atoms with E-state index in [2.05, 4.69) is 27.4 Å². The van der Waals surface area contributed by atoms with Gasteiger partial charge in [0.1, 0.15) is 6.54 Å². The van der Waals surface area contributed by atoms with Crippen LogP contribution in [0.15, 0.2) is 0 Å². The third-order valence-electron chi connectivity index (χ3n) is 1.30. The van der Waals surface area contributed by atoms with Gasteiger partial charge >= 0.3 is 5.97 Å². The Morgan fingerprint density at radius 3 is 3.14 bits per heavy atom. The third-order valence-corrected chi connectivity index (χ3v) is 1.60. The van der Waals surface area contributed by atoms with Crippen molar-refractivity contribution in [1.82, 2.24) is 20.2 Å². The van der Waals surface area contributed by atoms with Crippen LogP contribution in [-0.2, 0) is 16.1 Å². The maximum Gasteiger partial charge on any atom is 0.328 e. The van der Waals surface area contributed by atoms with Gasteiger partial charge in [-0.25, -0.2) is 4.68 Å². The van der Waals surface area contributed by atoms with Crippen molar-refractivity contribution < 1.29 is 9.53 Å². The van der Waals surface area contributed by atoms with E-state index in [1.165, 1.54) is 4.68 Å². The number of H-pyrrole nitrogens is 1. The van der Waals surface area contributed by atoms with Gasteiger partial charge in [0.2, 0.25) is 4.77 Å². The minimum atomic E-state index is -0.435. The summed E-state index contributed by atoms with van der Waals surface area (Å²) in [5, 5.41) is 9.36. The summed E-state index contributed by atoms with van der Waals surface area (Å²) in [6, 6.07) is 0. The Hall–Kier alpha value is -1.68. The van der Waals surface area contributed by atoms with Crippen LogP contribution in [0.5, 0.6) is 0 Å². The van der Waals surface area contributed by atoms with Gasteiger partial charge < -0.3 is 4.74 Å². The van der Waals surface area contributed by atoms with Crippen molar-refractivity contribution in [2.24, 2.45) is 0 Å². The highest BCUT2D eigenvalue weighted by Crippen LogP contribution is 1.86. The van der Waals surface area contributed by atoms with Crippen molar-refractivity contribution in [2.75, 3.05) is 6.61 Å². The summed E-state index contributed by atoms with van der Waals surface area (Å²) in [7, 11) is 0. The zero-order valence-corrected chi connectivity index (χ0v) is 8.30. The van der Waals surface area contributed by atoms with Gasteiger partial charge in [0, 0.05) is 0 Å². The molecule has 1 aromatic rings. The maximum atomic E-state index is 11.1. The first-order valence-corrected chi connectivity index (χ1v) is 4.18. The number of hydrogen-bond donors (Lipinski definition) is 1. The van der Waals surface area contributed by atoms with Crippen molar-refractivity contribution >= 4 is 18.2 Å². The summed E-state index contributed by atoms with van der Waals surface area (Å²) in [6.45, 7) is 1.73. The zero-order chi connectivity index (χ0) is 10.4. The van der Waals surface area contributed by atoms with E-state index < -0.39 is 5.97 Å². The second kappa shape index (κ2) is 5.14. The Morgan fingerprint density at radius 1 is 1.79 bits per heavy atom. The highest BCUT2D eigenvalue weighted by atomic mass is 32.1. The average molecular weight is 212 g/mol. The monoisotopic (exact) mass is 212 g/mol. The summed E-state index contributed by atoms with van der Waals surface area (Å²) in [6.07, 6.45) is 0. The van der Waals surface area contributed by atoms with Gasteiger partial charge in [0.05, 0.1) is 0 Å². The Morgan fingerprint density at radius 2 is 2.57 bits per heavy atom. The standard InChI is InChI=1S/C7H8N4O2S/c1-2-3-4-13-6(12)5-11-7(14)8-9-10-11/h4-5H2,1H3,(H,8,10,14). The predicted octanol–water partition coefficient (Wildman–Crippen LogP) is -0.0978. The van der Waals surface area contributed by atoms with Gasteiger partial charge in [-0.1, -0.05) is 16.2 Å². The van der Waals surface area contributed by atoms with Crippen LogP contribution in [0, 0.1) is 16.6 Å². The number of tetrazole rings is 1. The largest absolute Gasteiger partial charge is 0.451 e. The molecule has 0 spiro atoms. The number of rotatable bonds is 3. The van der Waals surface area contributed by atoms with Gasteiger partial charge in [0.15, 0.2) is 6.61 Å². The molecule has 0 radical (unpaired) electrons. The van der Waals surface area contributed by atoms with E-state index in [1.807, 2.05) is 0 Å². The van der Waals surface area contributed by atoms with Gasteiger partial charge in [-0.2, -0.15) is 5.21 Å². The van der Waals surface area contributed by atoms with Crippen molar-refractivity contribution in [2.45, 2.75) is 13.5 Å². The molecule has 0 atom stereocenters. The van der Waals surface area contributed by atoms with Crippen molar-refractivity contribution in [3.63, 3.8) is 0 Å². The molecule has 0 aliphatic carbocycles. The quantitative estimate of drug-likeness (QED) is 0.430. The lowest BCUT2D eigenvalue weighted by atomic mass is 10.6. The number of hydrogen-bond acceptors (Lipinski definition) is 5. The van der Waals surface area contributed by atoms with Gasteiger partial charge in [0.25, 0.3) is 0 Å². The molecule has 74 valence electrons. The highest BCUT2D eigenvalue weighted by Gasteiger charge is 2.04. The molecule has 0 amide bonds. The number of aromatic amines is 1. The first-order valence-electron chi connectivity index (χ1n) is 3.77. The number of aromatic nitrogens is 4. The molecular weight excluding hydrogens is 204 g/mol. The molecule has 1 N–H and O–H groups in total. The molecule has 0 saturated heterocycles. The van der Waals surface area contributed by atoms with E-state index in [9.17, 15) is 4.79 Å². The lowest BCUT2D eigenvalue weighted by molar-refractivity contribution is -0.143. The van der Waals surface area contributed by atoms with Crippen LogP contribution >= 0.6 is 12.2 Å². The molecule has 0 bridgehead atoms. The molecule has 0 aromatic carbocycles. The SMILES string of the molecule is CC#CCOC(=O)Cn1[nH]nnc1=S. The van der Waals surface area contributed by atoms with E-state index in [-0.39, 0.29) is 17.9 Å². The normalized spacial score (nSPS) is 8.93. The molecule has 1 rings (SSSR count). The molecular formula is C7H8N4O2S. The second-order valence-corrected chi connectivity index (χ2v) is 2.62. The number of carbonyl (C=O) groups is 1. The Balaban J connectivity index is 2.44. The first kappa shape index (κ1) is 10.4. The van der Waals surface area contributed by atoms with Crippen molar-refractivity contribution in [3.8, 4) is 11.8 Å². The van der Waals surface area contributed by atoms with Crippen LogP contribution in [0.4, 0.5) is 0 Å². The fraction of sp³-hybridized carbons (Fsp3) is 0.429. The van der Waals surface area contributed by atoms with Crippen LogP contribution in [0.2, 0.25) is 0 Å². The van der Waals surface area contributed by atoms with E-state index in [0.717, 1.165) is 0 Å². The Labute approximate surface area is 85.2 Å². The maximum absolute atomic E-state index is 11.1. The van der Waals surface area contributed by atoms with E-state index in [4.69, 9.17) is 17.0 Å². The minimum absolute atomic E-state index is 0.0305. The van der Waals surface area contributed by atoms with E-state index >= 15 is 0 Å². The van der Waals surface area contributed by atoms with Crippen LogP contribution in [-0.4, -0.2) is 32.8 Å². The Bertz CT molecular complexity index is 425. The second-order valence-electron chi connectivity index (χ2n) is 2.26. The molecule has 1 heterocycles. The van der Waals surface area contributed by atoms with Crippen molar-refractivity contribution in [1.29, 1.82) is 0 Å². The summed E-state index contributed by atoms with van der Waals surface area (Å²) < 4.78 is 6.27. The van der Waals surface area contributed by atoms with Crippen LogP contribution in [0.1, 0.15) is 6.92 Å². The lowest BCUT2D eigenvalue weighted by Gasteiger charge is -1.99. The first-order chi connectivity index (χ1) is 6.74. The Kier molecular flexibility index (Phi) is 3.82. The molecule has 0 unspecified atom stereocenters. The molecule has 1 aromatic heterocycles. The fourth-order valence-corrected chi connectivity index (χ4v) is 0.829. The molecule has 6 nitrogen and oxygen atoms in total. The van der Waals surface area contributed by atoms with Crippen LogP contribution < -0.4 is 0 Å². The van der Waals surface area contributed by atoms with E-state index in [1.54, 1.807) is 6.92 Å². The van der Waals surface area contributed by atoms with Crippen LogP contribution in [0.3, 0.4) is 0 Å². The van der Waals surface area contributed by atoms with Gasteiger partial charge in [-0.05, 0) is 19.1 Å². The smallest absolute Gasteiger partial charge is 0.328 e. The summed E-state index contributed by atoms with van der Waals surface area (Å²) in [5.74, 6) is 4.77. The van der Waals surface area contributed by atoms with Crippen molar-refractivity contribution in [3.05, 3.63) is 4.77 Å². The van der Waals surface area contributed by atoms with Gasteiger partial charge in [-0.3, -0.25) is 4.79 Å². The van der Waals surface area contributed by atoms with E-state index in [0.29, 0.717) is 0 Å². The molecule has 0 aliphatic heterocycles.